The highest BCUT2D eigenvalue weighted by Gasteiger charge is 2.05. The standard InChI is InChI=1S/C15H16N2OS/c1-12(15-3-2-10-19-15)17-11-13-4-6-14(7-5-13)18-9-8-16/h2-7,10,12,17H,9,11H2,1H3/t12-/m0/s1. The van der Waals surface area contributed by atoms with Crippen molar-refractivity contribution in [1.82, 2.24) is 5.32 Å². The van der Waals surface area contributed by atoms with Crippen molar-refractivity contribution < 1.29 is 4.74 Å². The second-order valence-corrected chi connectivity index (χ2v) is 5.19. The van der Waals surface area contributed by atoms with E-state index in [-0.39, 0.29) is 6.61 Å². The van der Waals surface area contributed by atoms with E-state index in [9.17, 15) is 0 Å². The van der Waals surface area contributed by atoms with Gasteiger partial charge in [-0.1, -0.05) is 18.2 Å². The van der Waals surface area contributed by atoms with Gasteiger partial charge in [0.1, 0.15) is 11.8 Å². The summed E-state index contributed by atoms with van der Waals surface area (Å²) in [4.78, 5) is 1.34. The lowest BCUT2D eigenvalue weighted by Crippen LogP contribution is -2.17. The Labute approximate surface area is 117 Å². The minimum Gasteiger partial charge on any atom is -0.479 e. The number of thiophene rings is 1. The van der Waals surface area contributed by atoms with E-state index in [1.807, 2.05) is 30.3 Å². The number of hydrogen-bond donors (Lipinski definition) is 1. The molecule has 0 saturated heterocycles. The van der Waals surface area contributed by atoms with Crippen LogP contribution in [0.4, 0.5) is 0 Å². The van der Waals surface area contributed by atoms with Crippen molar-refractivity contribution in [3.63, 3.8) is 0 Å². The zero-order valence-electron chi connectivity index (χ0n) is 10.8. The van der Waals surface area contributed by atoms with Crippen LogP contribution >= 0.6 is 11.3 Å². The van der Waals surface area contributed by atoms with Crippen molar-refractivity contribution in [3.8, 4) is 11.8 Å². The van der Waals surface area contributed by atoms with Crippen LogP contribution in [0.15, 0.2) is 41.8 Å². The van der Waals surface area contributed by atoms with Crippen LogP contribution in [0.3, 0.4) is 0 Å². The Morgan fingerprint density at radius 3 is 2.74 bits per heavy atom. The van der Waals surface area contributed by atoms with Crippen molar-refractivity contribution in [2.24, 2.45) is 0 Å². The maximum absolute atomic E-state index is 8.43. The van der Waals surface area contributed by atoms with Crippen LogP contribution in [0, 0.1) is 11.3 Å². The van der Waals surface area contributed by atoms with Crippen molar-refractivity contribution in [2.75, 3.05) is 6.61 Å². The van der Waals surface area contributed by atoms with Gasteiger partial charge in [-0.15, -0.1) is 11.3 Å². The number of ether oxygens (including phenoxy) is 1. The highest BCUT2D eigenvalue weighted by Crippen LogP contribution is 2.19. The molecule has 0 spiro atoms. The van der Waals surface area contributed by atoms with Crippen LogP contribution in [-0.4, -0.2) is 6.61 Å². The second-order valence-electron chi connectivity index (χ2n) is 4.21. The highest BCUT2D eigenvalue weighted by molar-refractivity contribution is 7.10. The maximum Gasteiger partial charge on any atom is 0.174 e. The first-order valence-corrected chi connectivity index (χ1v) is 7.03. The molecule has 1 aromatic heterocycles. The first-order chi connectivity index (χ1) is 9.29. The number of hydrogen-bond acceptors (Lipinski definition) is 4. The predicted molar refractivity (Wildman–Crippen MR) is 77.1 cm³/mol. The monoisotopic (exact) mass is 272 g/mol. The Morgan fingerprint density at radius 2 is 2.11 bits per heavy atom. The molecule has 1 aromatic carbocycles. The van der Waals surface area contributed by atoms with E-state index in [1.165, 1.54) is 10.4 Å². The number of nitrogens with zero attached hydrogens (tertiary/aromatic N) is 1. The van der Waals surface area contributed by atoms with E-state index in [4.69, 9.17) is 10.00 Å². The first-order valence-electron chi connectivity index (χ1n) is 6.15. The Balaban J connectivity index is 1.85. The van der Waals surface area contributed by atoms with Gasteiger partial charge in [-0.05, 0) is 36.1 Å². The van der Waals surface area contributed by atoms with E-state index >= 15 is 0 Å². The summed E-state index contributed by atoms with van der Waals surface area (Å²) in [6.07, 6.45) is 0. The summed E-state index contributed by atoms with van der Waals surface area (Å²) in [5, 5.41) is 14.0. The molecule has 0 fully saturated rings. The number of nitriles is 1. The highest BCUT2D eigenvalue weighted by atomic mass is 32.1. The van der Waals surface area contributed by atoms with Gasteiger partial charge < -0.3 is 10.1 Å². The molecule has 0 saturated carbocycles. The second kappa shape index (κ2) is 6.93. The molecule has 0 radical (unpaired) electrons. The molecule has 2 aromatic rings. The smallest absolute Gasteiger partial charge is 0.174 e. The summed E-state index contributed by atoms with van der Waals surface area (Å²) in [5.74, 6) is 0.733. The Kier molecular flexibility index (Phi) is 4.96. The van der Waals surface area contributed by atoms with Crippen LogP contribution < -0.4 is 10.1 Å². The van der Waals surface area contributed by atoms with Gasteiger partial charge in [-0.3, -0.25) is 0 Å². The van der Waals surface area contributed by atoms with Crippen molar-refractivity contribution in [2.45, 2.75) is 19.5 Å². The summed E-state index contributed by atoms with van der Waals surface area (Å²) in [6, 6.07) is 14.3. The molecule has 0 bridgehead atoms. The Morgan fingerprint density at radius 1 is 1.32 bits per heavy atom. The van der Waals surface area contributed by atoms with E-state index in [0.717, 1.165) is 12.3 Å². The molecule has 0 aliphatic rings. The fourth-order valence-electron chi connectivity index (χ4n) is 1.73. The van der Waals surface area contributed by atoms with Crippen LogP contribution in [-0.2, 0) is 6.54 Å². The van der Waals surface area contributed by atoms with Crippen LogP contribution in [0.2, 0.25) is 0 Å². The average Bonchev–Trinajstić information content (AvgIpc) is 2.98. The molecule has 0 aliphatic carbocycles. The van der Waals surface area contributed by atoms with Crippen LogP contribution in [0.5, 0.6) is 5.75 Å². The molecular formula is C15H16N2OS. The Bertz CT molecular complexity index is 528. The molecule has 0 amide bonds. The topological polar surface area (TPSA) is 45.0 Å². The fourth-order valence-corrected chi connectivity index (χ4v) is 2.49. The van der Waals surface area contributed by atoms with Gasteiger partial charge in [-0.25, -0.2) is 0 Å². The molecule has 2 rings (SSSR count). The lowest BCUT2D eigenvalue weighted by molar-refractivity contribution is 0.368. The number of nitrogens with one attached hydrogen (secondary N) is 1. The SMILES string of the molecule is C[C@H](NCc1ccc(OCC#N)cc1)c1cccs1. The number of rotatable bonds is 6. The molecule has 4 heteroatoms. The fraction of sp³-hybridized carbons (Fsp3) is 0.267. The molecule has 0 unspecified atom stereocenters. The predicted octanol–water partition coefficient (Wildman–Crippen LogP) is 3.50. The molecule has 3 nitrogen and oxygen atoms in total. The van der Waals surface area contributed by atoms with Crippen LogP contribution in [0.25, 0.3) is 0 Å². The van der Waals surface area contributed by atoms with Gasteiger partial charge in [0.05, 0.1) is 0 Å². The molecule has 1 atom stereocenters. The lowest BCUT2D eigenvalue weighted by Gasteiger charge is -2.12. The minimum atomic E-state index is 0.0903. The summed E-state index contributed by atoms with van der Waals surface area (Å²) in [7, 11) is 0. The number of benzene rings is 1. The third-order valence-electron chi connectivity index (χ3n) is 2.81. The molecule has 1 N–H and O–H groups in total. The van der Waals surface area contributed by atoms with E-state index in [1.54, 1.807) is 11.3 Å². The van der Waals surface area contributed by atoms with Crippen LogP contribution in [0.1, 0.15) is 23.4 Å². The van der Waals surface area contributed by atoms with Crippen molar-refractivity contribution >= 4 is 11.3 Å². The summed E-state index contributed by atoms with van der Waals surface area (Å²) >= 11 is 1.76. The largest absolute Gasteiger partial charge is 0.479 e. The van der Waals surface area contributed by atoms with Gasteiger partial charge in [0, 0.05) is 17.5 Å². The summed E-state index contributed by atoms with van der Waals surface area (Å²) < 4.78 is 5.21. The zero-order valence-corrected chi connectivity index (χ0v) is 11.6. The van der Waals surface area contributed by atoms with Gasteiger partial charge in [0.25, 0.3) is 0 Å². The Hall–Kier alpha value is -1.83. The van der Waals surface area contributed by atoms with Gasteiger partial charge >= 0.3 is 0 Å². The molecule has 19 heavy (non-hydrogen) atoms. The van der Waals surface area contributed by atoms with E-state index in [0.29, 0.717) is 6.04 Å². The lowest BCUT2D eigenvalue weighted by atomic mass is 10.2. The van der Waals surface area contributed by atoms with Gasteiger partial charge in [-0.2, -0.15) is 5.26 Å². The average molecular weight is 272 g/mol. The molecule has 1 heterocycles. The van der Waals surface area contributed by atoms with Crippen molar-refractivity contribution in [3.05, 3.63) is 52.2 Å². The molecule has 98 valence electrons. The normalized spacial score (nSPS) is 11.8. The zero-order chi connectivity index (χ0) is 13.5. The van der Waals surface area contributed by atoms with Gasteiger partial charge in [0.15, 0.2) is 6.61 Å². The van der Waals surface area contributed by atoms with E-state index < -0.39 is 0 Å². The third-order valence-corrected chi connectivity index (χ3v) is 3.86. The van der Waals surface area contributed by atoms with E-state index in [2.05, 4.69) is 29.8 Å². The van der Waals surface area contributed by atoms with Crippen molar-refractivity contribution in [1.29, 1.82) is 5.26 Å². The van der Waals surface area contributed by atoms with Gasteiger partial charge in [0.2, 0.25) is 0 Å². The summed E-state index contributed by atoms with van der Waals surface area (Å²) in [6.45, 7) is 3.07. The summed E-state index contributed by atoms with van der Waals surface area (Å²) in [5.41, 5.74) is 1.20. The first kappa shape index (κ1) is 13.6. The molecular weight excluding hydrogens is 256 g/mol. The minimum absolute atomic E-state index is 0.0903. The maximum atomic E-state index is 8.43. The molecule has 0 aliphatic heterocycles. The third kappa shape index (κ3) is 4.09. The quantitative estimate of drug-likeness (QED) is 0.875.